The third kappa shape index (κ3) is 3.68. The highest BCUT2D eigenvalue weighted by Gasteiger charge is 2.28. The van der Waals surface area contributed by atoms with Crippen molar-refractivity contribution in [2.24, 2.45) is 5.92 Å². The quantitative estimate of drug-likeness (QED) is 0.593. The van der Waals surface area contributed by atoms with Crippen LogP contribution >= 0.6 is 15.9 Å². The van der Waals surface area contributed by atoms with E-state index in [1.807, 2.05) is 6.07 Å². The first kappa shape index (κ1) is 17.4. The van der Waals surface area contributed by atoms with E-state index in [9.17, 15) is 14.7 Å². The Labute approximate surface area is 142 Å². The van der Waals surface area contributed by atoms with Gasteiger partial charge in [-0.3, -0.25) is 9.89 Å². The van der Waals surface area contributed by atoms with Crippen molar-refractivity contribution in [1.29, 1.82) is 0 Å². The number of ether oxygens (including phenoxy) is 1. The lowest BCUT2D eigenvalue weighted by molar-refractivity contribution is 0.0520. The zero-order valence-electron chi connectivity index (χ0n) is 12.8. The summed E-state index contributed by atoms with van der Waals surface area (Å²) < 4.78 is 5.82. The van der Waals surface area contributed by atoms with Crippen LogP contribution < -0.4 is 0 Å². The molecule has 0 fully saturated rings. The smallest absolute Gasteiger partial charge is 0.357 e. The summed E-state index contributed by atoms with van der Waals surface area (Å²) in [5.74, 6) is -1.53. The fraction of sp³-hybridized carbons (Fsp3) is 0.312. The van der Waals surface area contributed by atoms with Gasteiger partial charge in [0.2, 0.25) is 0 Å². The van der Waals surface area contributed by atoms with Gasteiger partial charge in [-0.2, -0.15) is 5.10 Å². The van der Waals surface area contributed by atoms with Gasteiger partial charge in [0, 0.05) is 16.0 Å². The predicted molar refractivity (Wildman–Crippen MR) is 88.3 cm³/mol. The molecule has 2 aromatic rings. The zero-order valence-corrected chi connectivity index (χ0v) is 14.4. The average molecular weight is 381 g/mol. The summed E-state index contributed by atoms with van der Waals surface area (Å²) in [6.45, 7) is 3.23. The number of hydrogen-bond acceptors (Lipinski definition) is 5. The first-order valence-corrected chi connectivity index (χ1v) is 7.95. The van der Waals surface area contributed by atoms with E-state index in [2.05, 4.69) is 26.1 Å². The molecular formula is C16H17BrN2O4. The van der Waals surface area contributed by atoms with Gasteiger partial charge >= 0.3 is 5.97 Å². The fourth-order valence-corrected chi connectivity index (χ4v) is 2.51. The molecule has 0 aliphatic heterocycles. The van der Waals surface area contributed by atoms with Crippen molar-refractivity contribution in [2.75, 3.05) is 13.2 Å². The van der Waals surface area contributed by atoms with Crippen LogP contribution in [0.2, 0.25) is 0 Å². The van der Waals surface area contributed by atoms with Gasteiger partial charge < -0.3 is 9.84 Å². The number of aliphatic hydroxyl groups excluding tert-OH is 1. The summed E-state index contributed by atoms with van der Waals surface area (Å²) >= 11 is 3.37. The van der Waals surface area contributed by atoms with E-state index in [4.69, 9.17) is 4.74 Å². The number of aromatic amines is 1. The molecule has 0 saturated heterocycles. The second-order valence-corrected chi connectivity index (χ2v) is 5.92. The minimum absolute atomic E-state index is 0.118. The number of Topliss-reactive ketones (excluding diaryl/α,β-unsaturated/α-hetero) is 1. The van der Waals surface area contributed by atoms with Crippen molar-refractivity contribution in [3.63, 3.8) is 0 Å². The summed E-state index contributed by atoms with van der Waals surface area (Å²) in [5.41, 5.74) is 1.28. The van der Waals surface area contributed by atoms with E-state index in [-0.39, 0.29) is 30.4 Å². The van der Waals surface area contributed by atoms with Gasteiger partial charge in [-0.15, -0.1) is 0 Å². The molecule has 122 valence electrons. The van der Waals surface area contributed by atoms with Crippen LogP contribution in [0, 0.1) is 5.92 Å². The number of carbonyl (C=O) groups excluding carboxylic acids is 2. The Hall–Kier alpha value is -1.99. The highest BCUT2D eigenvalue weighted by atomic mass is 79.9. The Kier molecular flexibility index (Phi) is 5.68. The van der Waals surface area contributed by atoms with E-state index >= 15 is 0 Å². The summed E-state index contributed by atoms with van der Waals surface area (Å²) in [6.07, 6.45) is 0. The molecule has 1 aromatic carbocycles. The Morgan fingerprint density at radius 2 is 2.17 bits per heavy atom. The average Bonchev–Trinajstić information content (AvgIpc) is 2.98. The zero-order chi connectivity index (χ0) is 17.0. The second kappa shape index (κ2) is 7.52. The van der Waals surface area contributed by atoms with Crippen LogP contribution in [0.25, 0.3) is 11.1 Å². The highest BCUT2D eigenvalue weighted by Crippen LogP contribution is 2.30. The maximum atomic E-state index is 12.4. The minimum atomic E-state index is -0.612. The molecule has 0 aliphatic carbocycles. The molecule has 0 bridgehead atoms. The van der Waals surface area contributed by atoms with Gasteiger partial charge in [0.15, 0.2) is 11.5 Å². The van der Waals surface area contributed by atoms with Crippen LogP contribution in [-0.4, -0.2) is 40.3 Å². The predicted octanol–water partition coefficient (Wildman–Crippen LogP) is 2.83. The minimum Gasteiger partial charge on any atom is -0.461 e. The van der Waals surface area contributed by atoms with Gasteiger partial charge in [-0.1, -0.05) is 35.0 Å². The summed E-state index contributed by atoms with van der Waals surface area (Å²) in [6, 6.07) is 7.20. The number of nitrogens with one attached hydrogen (secondary N) is 1. The van der Waals surface area contributed by atoms with Crippen LogP contribution in [0.3, 0.4) is 0 Å². The number of nitrogens with zero attached hydrogens (tertiary/aromatic N) is 1. The Bertz CT molecular complexity index is 727. The molecular weight excluding hydrogens is 364 g/mol. The molecule has 0 amide bonds. The molecule has 23 heavy (non-hydrogen) atoms. The molecule has 0 aliphatic rings. The van der Waals surface area contributed by atoms with E-state index in [0.29, 0.717) is 11.1 Å². The fourth-order valence-electron chi connectivity index (χ4n) is 2.11. The number of rotatable bonds is 6. The number of H-pyrrole nitrogens is 1. The Morgan fingerprint density at radius 3 is 2.78 bits per heavy atom. The van der Waals surface area contributed by atoms with Gasteiger partial charge in [-0.25, -0.2) is 4.79 Å². The molecule has 1 heterocycles. The molecule has 0 radical (unpaired) electrons. The van der Waals surface area contributed by atoms with Gasteiger partial charge in [0.25, 0.3) is 0 Å². The van der Waals surface area contributed by atoms with Crippen molar-refractivity contribution in [2.45, 2.75) is 13.8 Å². The van der Waals surface area contributed by atoms with Crippen LogP contribution in [0.5, 0.6) is 0 Å². The first-order chi connectivity index (χ1) is 11.0. The standard InChI is InChI=1S/C16H17BrN2O4/c1-3-23-16(22)14-12(10-5-4-6-11(17)7-10)13(18-19-14)15(21)9(2)8-20/h4-7,9,20H,3,8H2,1-2H3,(H,18,19). The molecule has 0 spiro atoms. The lowest BCUT2D eigenvalue weighted by Crippen LogP contribution is -2.16. The van der Waals surface area contributed by atoms with Crippen LogP contribution in [0.15, 0.2) is 28.7 Å². The molecule has 1 aromatic heterocycles. The molecule has 1 atom stereocenters. The third-order valence-corrected chi connectivity index (χ3v) is 3.81. The number of esters is 1. The number of hydrogen-bond donors (Lipinski definition) is 2. The monoisotopic (exact) mass is 380 g/mol. The van der Waals surface area contributed by atoms with E-state index < -0.39 is 11.9 Å². The molecule has 6 nitrogen and oxygen atoms in total. The molecule has 2 rings (SSSR count). The van der Waals surface area contributed by atoms with Crippen molar-refractivity contribution < 1.29 is 19.4 Å². The Morgan fingerprint density at radius 1 is 1.43 bits per heavy atom. The number of aliphatic hydroxyl groups is 1. The molecule has 2 N–H and O–H groups in total. The van der Waals surface area contributed by atoms with Crippen LogP contribution in [0.1, 0.15) is 34.8 Å². The second-order valence-electron chi connectivity index (χ2n) is 5.00. The van der Waals surface area contributed by atoms with E-state index in [1.54, 1.807) is 32.0 Å². The van der Waals surface area contributed by atoms with Crippen molar-refractivity contribution in [3.05, 3.63) is 40.1 Å². The summed E-state index contributed by atoms with van der Waals surface area (Å²) in [5, 5.41) is 15.8. The van der Waals surface area contributed by atoms with Gasteiger partial charge in [-0.05, 0) is 24.6 Å². The lowest BCUT2D eigenvalue weighted by Gasteiger charge is -2.09. The lowest BCUT2D eigenvalue weighted by atomic mass is 9.96. The number of halogens is 1. The van der Waals surface area contributed by atoms with Crippen LogP contribution in [0.4, 0.5) is 0 Å². The van der Waals surface area contributed by atoms with E-state index in [0.717, 1.165) is 4.47 Å². The maximum absolute atomic E-state index is 12.4. The normalized spacial score (nSPS) is 12.0. The van der Waals surface area contributed by atoms with Gasteiger partial charge in [0.1, 0.15) is 5.69 Å². The number of carbonyl (C=O) groups is 2. The number of ketones is 1. The van der Waals surface area contributed by atoms with E-state index in [1.165, 1.54) is 0 Å². The highest BCUT2D eigenvalue weighted by molar-refractivity contribution is 9.10. The number of benzene rings is 1. The van der Waals surface area contributed by atoms with Crippen LogP contribution in [-0.2, 0) is 4.74 Å². The third-order valence-electron chi connectivity index (χ3n) is 3.31. The maximum Gasteiger partial charge on any atom is 0.357 e. The first-order valence-electron chi connectivity index (χ1n) is 7.16. The SMILES string of the molecule is CCOC(=O)c1[nH]nc(C(=O)C(C)CO)c1-c1cccc(Br)c1. The summed E-state index contributed by atoms with van der Waals surface area (Å²) in [4.78, 5) is 24.6. The molecule has 0 saturated carbocycles. The van der Waals surface area contributed by atoms with Crippen molar-refractivity contribution in [3.8, 4) is 11.1 Å². The Balaban J connectivity index is 2.60. The van der Waals surface area contributed by atoms with Crippen molar-refractivity contribution >= 4 is 27.7 Å². The van der Waals surface area contributed by atoms with Crippen molar-refractivity contribution in [1.82, 2.24) is 10.2 Å². The number of aromatic nitrogens is 2. The molecule has 7 heteroatoms. The largest absolute Gasteiger partial charge is 0.461 e. The van der Waals surface area contributed by atoms with Gasteiger partial charge in [0.05, 0.1) is 13.2 Å². The summed E-state index contributed by atoms with van der Waals surface area (Å²) in [7, 11) is 0. The molecule has 1 unspecified atom stereocenters. The topological polar surface area (TPSA) is 92.3 Å².